The Morgan fingerprint density at radius 2 is 1.81 bits per heavy atom. The van der Waals surface area contributed by atoms with Gasteiger partial charge in [0, 0.05) is 33.4 Å². The summed E-state index contributed by atoms with van der Waals surface area (Å²) in [6.07, 6.45) is -11.5. The summed E-state index contributed by atoms with van der Waals surface area (Å²) in [5.41, 5.74) is 0. The van der Waals surface area contributed by atoms with Crippen LogP contribution in [0.2, 0.25) is 0 Å². The van der Waals surface area contributed by atoms with Gasteiger partial charge >= 0.3 is 0 Å². The van der Waals surface area contributed by atoms with Crippen LogP contribution in [0.1, 0.15) is 47.0 Å². The van der Waals surface area contributed by atoms with Gasteiger partial charge in [-0.3, -0.25) is 9.59 Å². The Kier molecular flexibility index (Phi) is 12.1. The van der Waals surface area contributed by atoms with Gasteiger partial charge in [-0.2, -0.15) is 0 Å². The highest BCUT2D eigenvalue weighted by Crippen LogP contribution is 2.36. The third-order valence-electron chi connectivity index (χ3n) is 6.38. The molecule has 216 valence electrons. The van der Waals surface area contributed by atoms with E-state index in [-0.39, 0.29) is 19.6 Å². The van der Waals surface area contributed by atoms with Crippen molar-refractivity contribution in [2.45, 2.75) is 114 Å². The van der Waals surface area contributed by atoms with Crippen molar-refractivity contribution in [3.05, 3.63) is 0 Å². The van der Waals surface area contributed by atoms with Gasteiger partial charge in [0.2, 0.25) is 11.8 Å². The number of ether oxygens (including phenoxy) is 4. The number of rotatable bonds is 12. The zero-order chi connectivity index (χ0) is 27.9. The van der Waals surface area contributed by atoms with Crippen LogP contribution in [-0.4, -0.2) is 129 Å². The Labute approximate surface area is 215 Å². The van der Waals surface area contributed by atoms with Crippen LogP contribution in [0.5, 0.6) is 0 Å². The Hall–Kier alpha value is -1.46. The first-order chi connectivity index (χ1) is 17.3. The Morgan fingerprint density at radius 1 is 1.14 bits per heavy atom. The molecule has 0 aromatic rings. The smallest absolute Gasteiger partial charge is 0.217 e. The summed E-state index contributed by atoms with van der Waals surface area (Å²) in [6.45, 7) is 5.12. The minimum absolute atomic E-state index is 0.254. The molecule has 0 aliphatic carbocycles. The number of amides is 2. The number of aliphatic hydroxyl groups excluding tert-OH is 6. The van der Waals surface area contributed by atoms with Gasteiger partial charge in [-0.25, -0.2) is 0 Å². The number of carbonyl (C=O) groups excluding carboxylic acids is 2. The van der Waals surface area contributed by atoms with Crippen molar-refractivity contribution in [3.63, 3.8) is 0 Å². The summed E-state index contributed by atoms with van der Waals surface area (Å²) in [7, 11) is 0. The lowest BCUT2D eigenvalue weighted by atomic mass is 9.88. The van der Waals surface area contributed by atoms with E-state index in [1.54, 1.807) is 0 Å². The van der Waals surface area contributed by atoms with E-state index in [1.807, 2.05) is 6.92 Å². The van der Waals surface area contributed by atoms with Crippen molar-refractivity contribution in [2.24, 2.45) is 0 Å². The van der Waals surface area contributed by atoms with Gasteiger partial charge in [-0.05, 0) is 13.3 Å². The fourth-order valence-corrected chi connectivity index (χ4v) is 4.46. The molecule has 14 nitrogen and oxygen atoms in total. The van der Waals surface area contributed by atoms with Crippen molar-refractivity contribution in [3.8, 4) is 0 Å². The highest BCUT2D eigenvalue weighted by Gasteiger charge is 2.54. The molecule has 3 unspecified atom stereocenters. The molecule has 2 rings (SSSR count). The molecule has 2 heterocycles. The monoisotopic (exact) mass is 538 g/mol. The van der Waals surface area contributed by atoms with E-state index in [0.29, 0.717) is 6.42 Å². The van der Waals surface area contributed by atoms with Crippen molar-refractivity contribution >= 4 is 11.8 Å². The van der Waals surface area contributed by atoms with Crippen molar-refractivity contribution in [1.82, 2.24) is 10.6 Å². The Bertz CT molecular complexity index is 745. The van der Waals surface area contributed by atoms with Gasteiger partial charge < -0.3 is 60.2 Å². The first-order valence-corrected chi connectivity index (χ1v) is 12.5. The third-order valence-corrected chi connectivity index (χ3v) is 6.38. The van der Waals surface area contributed by atoms with Crippen molar-refractivity contribution in [1.29, 1.82) is 0 Å². The number of unbranched alkanes of at least 4 members (excludes halogenated alkanes) is 1. The van der Waals surface area contributed by atoms with Gasteiger partial charge in [0.15, 0.2) is 12.1 Å². The van der Waals surface area contributed by atoms with Crippen LogP contribution in [0.4, 0.5) is 0 Å². The molecule has 2 aliphatic heterocycles. The average molecular weight is 539 g/mol. The zero-order valence-corrected chi connectivity index (χ0v) is 21.6. The lowest BCUT2D eigenvalue weighted by molar-refractivity contribution is -0.373. The summed E-state index contributed by atoms with van der Waals surface area (Å²) in [6, 6.07) is -1.16. The fourth-order valence-electron chi connectivity index (χ4n) is 4.46. The maximum atomic E-state index is 11.8. The zero-order valence-electron chi connectivity index (χ0n) is 21.6. The number of nitrogens with one attached hydrogen (secondary N) is 2. The molecular weight excluding hydrogens is 496 g/mol. The summed E-state index contributed by atoms with van der Waals surface area (Å²) in [5.74, 6) is -2.72. The number of carbonyl (C=O) groups is 2. The van der Waals surface area contributed by atoms with E-state index in [0.717, 1.165) is 6.42 Å². The highest BCUT2D eigenvalue weighted by atomic mass is 16.7. The molecule has 14 heteroatoms. The second-order valence-electron chi connectivity index (χ2n) is 9.72. The first kappa shape index (κ1) is 31.8. The molecule has 2 aliphatic rings. The molecule has 0 aromatic carbocycles. The molecule has 11 atom stereocenters. The van der Waals surface area contributed by atoms with Gasteiger partial charge in [-0.1, -0.05) is 13.3 Å². The lowest BCUT2D eigenvalue weighted by Gasteiger charge is -2.50. The van der Waals surface area contributed by atoms with Crippen LogP contribution in [-0.2, 0) is 28.5 Å². The SMILES string of the molecule is CCCCO[C@@H]1OC(CO)[C@H](O)[C@H](O[C@]2(C)C[C@@H](O)[C@@H](NC(C)=O)C([C@H](O)[C@H](O)CNC(C)=O)O2)C1O. The fraction of sp³-hybridized carbons (Fsp3) is 0.913. The first-order valence-electron chi connectivity index (χ1n) is 12.5. The van der Waals surface area contributed by atoms with Crippen LogP contribution >= 0.6 is 0 Å². The molecular formula is C23H42N2O12. The van der Waals surface area contributed by atoms with E-state index in [1.165, 1.54) is 20.8 Å². The quantitative estimate of drug-likeness (QED) is 0.116. The van der Waals surface area contributed by atoms with Gasteiger partial charge in [0.25, 0.3) is 0 Å². The maximum absolute atomic E-state index is 11.8. The van der Waals surface area contributed by atoms with Crippen LogP contribution in [0, 0.1) is 0 Å². The second kappa shape index (κ2) is 14.1. The molecule has 2 fully saturated rings. The van der Waals surface area contributed by atoms with E-state index in [2.05, 4.69) is 10.6 Å². The van der Waals surface area contributed by atoms with Gasteiger partial charge in [0.05, 0.1) is 24.9 Å². The summed E-state index contributed by atoms with van der Waals surface area (Å²) < 4.78 is 23.0. The molecule has 0 radical (unpaired) electrons. The van der Waals surface area contributed by atoms with E-state index < -0.39 is 85.4 Å². The summed E-state index contributed by atoms with van der Waals surface area (Å²) in [5, 5.41) is 68.2. The molecule has 0 bridgehead atoms. The van der Waals surface area contributed by atoms with Crippen LogP contribution < -0.4 is 10.6 Å². The summed E-state index contributed by atoms with van der Waals surface area (Å²) in [4.78, 5) is 23.0. The van der Waals surface area contributed by atoms with Crippen LogP contribution in [0.15, 0.2) is 0 Å². The second-order valence-corrected chi connectivity index (χ2v) is 9.72. The van der Waals surface area contributed by atoms with E-state index in [9.17, 15) is 40.2 Å². The van der Waals surface area contributed by atoms with E-state index >= 15 is 0 Å². The predicted molar refractivity (Wildman–Crippen MR) is 126 cm³/mol. The molecule has 37 heavy (non-hydrogen) atoms. The van der Waals surface area contributed by atoms with Gasteiger partial charge in [0.1, 0.15) is 36.6 Å². The Morgan fingerprint density at radius 3 is 2.38 bits per heavy atom. The molecule has 0 aromatic heterocycles. The number of aliphatic hydroxyl groups is 6. The lowest BCUT2D eigenvalue weighted by Crippen LogP contribution is -2.68. The highest BCUT2D eigenvalue weighted by molar-refractivity contribution is 5.73. The van der Waals surface area contributed by atoms with Gasteiger partial charge in [-0.15, -0.1) is 0 Å². The maximum Gasteiger partial charge on any atom is 0.217 e. The summed E-state index contributed by atoms with van der Waals surface area (Å²) >= 11 is 0. The molecule has 8 N–H and O–H groups in total. The third kappa shape index (κ3) is 8.51. The molecule has 2 saturated heterocycles. The molecule has 0 spiro atoms. The topological polar surface area (TPSA) is 216 Å². The van der Waals surface area contributed by atoms with Crippen molar-refractivity contribution in [2.75, 3.05) is 19.8 Å². The Balaban J connectivity index is 2.27. The standard InChI is InChI=1S/C23H42N2O12/c1-5-6-7-34-22-19(33)21(18(32)15(10-26)35-22)37-23(4)8-13(29)16(25-12(3)28)20(36-23)17(31)14(30)9-24-11(2)27/h13-22,26,29-33H,5-10H2,1-4H3,(H,24,27)(H,25,28)/t13-,14-,15?,16-,17-,18+,19?,20?,21+,22-,23-/m1/s1. The molecule has 0 saturated carbocycles. The van der Waals surface area contributed by atoms with Crippen molar-refractivity contribution < 1.29 is 59.2 Å². The van der Waals surface area contributed by atoms with E-state index in [4.69, 9.17) is 18.9 Å². The minimum atomic E-state index is -1.74. The molecule has 2 amide bonds. The largest absolute Gasteiger partial charge is 0.394 e. The van der Waals surface area contributed by atoms with Crippen LogP contribution in [0.3, 0.4) is 0 Å². The minimum Gasteiger partial charge on any atom is -0.394 e. The average Bonchev–Trinajstić information content (AvgIpc) is 2.82. The number of hydrogen-bond acceptors (Lipinski definition) is 12. The number of hydrogen-bond donors (Lipinski definition) is 8. The predicted octanol–water partition coefficient (Wildman–Crippen LogP) is -3.14. The van der Waals surface area contributed by atoms with Crippen LogP contribution in [0.25, 0.3) is 0 Å². The normalized spacial score (nSPS) is 38.0.